The molecule has 0 aliphatic carbocycles. The van der Waals surface area contributed by atoms with Gasteiger partial charge in [0.2, 0.25) is 0 Å². The van der Waals surface area contributed by atoms with Crippen LogP contribution in [0.4, 0.5) is 5.69 Å². The van der Waals surface area contributed by atoms with Crippen LogP contribution in [0.15, 0.2) is 48.5 Å². The topological polar surface area (TPSA) is 45.7 Å². The van der Waals surface area contributed by atoms with E-state index in [0.29, 0.717) is 28.7 Å². The van der Waals surface area contributed by atoms with Crippen molar-refractivity contribution in [2.24, 2.45) is 0 Å². The molecule has 1 aromatic heterocycles. The van der Waals surface area contributed by atoms with E-state index in [9.17, 15) is 4.79 Å². The van der Waals surface area contributed by atoms with Crippen LogP contribution in [0, 0.1) is 0 Å². The molecule has 2 heterocycles. The quantitative estimate of drug-likeness (QED) is 0.427. The summed E-state index contributed by atoms with van der Waals surface area (Å²) in [6.07, 6.45) is 0. The van der Waals surface area contributed by atoms with Gasteiger partial charge in [0.15, 0.2) is 5.69 Å². The van der Waals surface area contributed by atoms with Crippen LogP contribution in [-0.4, -0.2) is 55.2 Å². The molecule has 1 aliphatic heterocycles. The maximum atomic E-state index is 12.4. The minimum absolute atomic E-state index is 0. The Balaban J connectivity index is 0.00000272. The highest BCUT2D eigenvalue weighted by atomic mass is 35.5. The number of carbonyl (C=O) groups excluding carboxylic acids is 1. The van der Waals surface area contributed by atoms with Crippen molar-refractivity contribution in [2.45, 2.75) is 0 Å². The molecule has 0 bridgehead atoms. The molecule has 0 spiro atoms. The summed E-state index contributed by atoms with van der Waals surface area (Å²) in [5, 5.41) is 2.47. The van der Waals surface area contributed by atoms with Crippen LogP contribution in [0.25, 0.3) is 10.9 Å². The summed E-state index contributed by atoms with van der Waals surface area (Å²) in [6.45, 7) is 4.55. The van der Waals surface area contributed by atoms with Crippen molar-refractivity contribution in [3.05, 3.63) is 69.3 Å². The SMILES string of the molecule is Cl.O=C(OCCN1CCN(c2cccc(Cl)c2)CC1)c1cc(Cl)c2ccc(Cl)cc2n1. The van der Waals surface area contributed by atoms with Crippen molar-refractivity contribution in [3.63, 3.8) is 0 Å². The van der Waals surface area contributed by atoms with Crippen LogP contribution < -0.4 is 4.90 Å². The minimum atomic E-state index is -0.490. The molecule has 0 radical (unpaired) electrons. The fourth-order valence-electron chi connectivity index (χ4n) is 3.51. The number of nitrogens with zero attached hydrogens (tertiary/aromatic N) is 3. The van der Waals surface area contributed by atoms with Gasteiger partial charge in [-0.1, -0.05) is 40.9 Å². The van der Waals surface area contributed by atoms with Crippen LogP contribution in [0.2, 0.25) is 15.1 Å². The zero-order valence-corrected chi connectivity index (χ0v) is 19.6. The second-order valence-corrected chi connectivity index (χ2v) is 8.38. The number of piperazine rings is 1. The molecule has 31 heavy (non-hydrogen) atoms. The molecule has 0 N–H and O–H groups in total. The zero-order valence-electron chi connectivity index (χ0n) is 16.6. The second kappa shape index (κ2) is 10.7. The second-order valence-electron chi connectivity index (χ2n) is 7.10. The molecule has 0 amide bonds. The Bertz CT molecular complexity index is 1070. The predicted octanol–water partition coefficient (Wildman–Crippen LogP) is 5.60. The molecule has 0 unspecified atom stereocenters. The normalized spacial score (nSPS) is 14.4. The molecule has 0 atom stereocenters. The number of carbonyl (C=O) groups is 1. The van der Waals surface area contributed by atoms with E-state index >= 15 is 0 Å². The third-order valence-electron chi connectivity index (χ3n) is 5.12. The van der Waals surface area contributed by atoms with Crippen molar-refractivity contribution in [1.82, 2.24) is 9.88 Å². The van der Waals surface area contributed by atoms with E-state index in [2.05, 4.69) is 20.9 Å². The van der Waals surface area contributed by atoms with Gasteiger partial charge in [0.1, 0.15) is 6.61 Å². The molecule has 1 aliphatic rings. The lowest BCUT2D eigenvalue weighted by atomic mass is 10.2. The third kappa shape index (κ3) is 5.93. The number of hydrogen-bond donors (Lipinski definition) is 0. The van der Waals surface area contributed by atoms with E-state index in [-0.39, 0.29) is 18.1 Å². The summed E-state index contributed by atoms with van der Waals surface area (Å²) in [5.41, 5.74) is 1.88. The van der Waals surface area contributed by atoms with E-state index in [1.54, 1.807) is 18.2 Å². The Kier molecular flexibility index (Phi) is 8.25. The average Bonchev–Trinajstić information content (AvgIpc) is 2.73. The first kappa shape index (κ1) is 23.9. The summed E-state index contributed by atoms with van der Waals surface area (Å²) >= 11 is 18.4. The number of benzene rings is 2. The van der Waals surface area contributed by atoms with E-state index in [1.165, 1.54) is 6.07 Å². The van der Waals surface area contributed by atoms with Crippen molar-refractivity contribution in [3.8, 4) is 0 Å². The molecule has 3 aromatic rings. The molecule has 4 rings (SSSR count). The molecular formula is C22H21Cl4N3O2. The Morgan fingerprint density at radius 2 is 1.71 bits per heavy atom. The zero-order chi connectivity index (χ0) is 21.1. The van der Waals surface area contributed by atoms with Crippen LogP contribution in [0.3, 0.4) is 0 Å². The van der Waals surface area contributed by atoms with Gasteiger partial charge in [-0.2, -0.15) is 0 Å². The lowest BCUT2D eigenvalue weighted by molar-refractivity contribution is 0.0453. The van der Waals surface area contributed by atoms with Gasteiger partial charge < -0.3 is 9.64 Å². The van der Waals surface area contributed by atoms with Crippen LogP contribution in [-0.2, 0) is 4.74 Å². The molecule has 1 fully saturated rings. The van der Waals surface area contributed by atoms with Gasteiger partial charge in [-0.25, -0.2) is 9.78 Å². The lowest BCUT2D eigenvalue weighted by Gasteiger charge is -2.36. The Morgan fingerprint density at radius 1 is 0.968 bits per heavy atom. The van der Waals surface area contributed by atoms with Gasteiger partial charge in [-0.05, 0) is 42.5 Å². The summed E-state index contributed by atoms with van der Waals surface area (Å²) in [6, 6.07) is 14.6. The van der Waals surface area contributed by atoms with Gasteiger partial charge in [-0.3, -0.25) is 4.90 Å². The first-order chi connectivity index (χ1) is 14.5. The smallest absolute Gasteiger partial charge is 0.357 e. The van der Waals surface area contributed by atoms with E-state index in [1.807, 2.05) is 18.2 Å². The van der Waals surface area contributed by atoms with Gasteiger partial charge in [0.25, 0.3) is 0 Å². The standard InChI is InChI=1S/C22H20Cl3N3O2.ClH/c23-15-2-1-3-17(12-15)28-8-6-27(7-9-28)10-11-30-22(29)21-14-19(25)18-5-4-16(24)13-20(18)26-21;/h1-5,12-14H,6-11H2;1H. The van der Waals surface area contributed by atoms with Gasteiger partial charge in [0.05, 0.1) is 10.5 Å². The largest absolute Gasteiger partial charge is 0.460 e. The van der Waals surface area contributed by atoms with Crippen molar-refractivity contribution in [2.75, 3.05) is 44.2 Å². The monoisotopic (exact) mass is 499 g/mol. The molecule has 5 nitrogen and oxygen atoms in total. The first-order valence-electron chi connectivity index (χ1n) is 9.65. The highest BCUT2D eigenvalue weighted by Gasteiger charge is 2.18. The fourth-order valence-corrected chi connectivity index (χ4v) is 4.12. The van der Waals surface area contributed by atoms with Crippen molar-refractivity contribution >= 4 is 69.8 Å². The molecular weight excluding hydrogens is 480 g/mol. The Hall–Kier alpha value is -1.76. The number of rotatable bonds is 5. The number of aromatic nitrogens is 1. The summed E-state index contributed by atoms with van der Waals surface area (Å²) < 4.78 is 5.43. The first-order valence-corrected chi connectivity index (χ1v) is 10.8. The Labute approximate surface area is 202 Å². The molecule has 0 saturated carbocycles. The molecule has 1 saturated heterocycles. The molecule has 164 valence electrons. The maximum absolute atomic E-state index is 12.4. The van der Waals surface area contributed by atoms with Crippen molar-refractivity contribution < 1.29 is 9.53 Å². The Morgan fingerprint density at radius 3 is 2.45 bits per heavy atom. The molecule has 9 heteroatoms. The van der Waals surface area contributed by atoms with E-state index < -0.39 is 5.97 Å². The van der Waals surface area contributed by atoms with Gasteiger partial charge >= 0.3 is 5.97 Å². The fraction of sp³-hybridized carbons (Fsp3) is 0.273. The van der Waals surface area contributed by atoms with Crippen LogP contribution in [0.1, 0.15) is 10.5 Å². The lowest BCUT2D eigenvalue weighted by Crippen LogP contribution is -2.47. The number of hydrogen-bond acceptors (Lipinski definition) is 5. The highest BCUT2D eigenvalue weighted by molar-refractivity contribution is 6.36. The maximum Gasteiger partial charge on any atom is 0.357 e. The highest BCUT2D eigenvalue weighted by Crippen LogP contribution is 2.26. The van der Waals surface area contributed by atoms with Gasteiger partial charge in [0, 0.05) is 53.8 Å². The van der Waals surface area contributed by atoms with E-state index in [4.69, 9.17) is 39.5 Å². The number of esters is 1. The third-order valence-corrected chi connectivity index (χ3v) is 5.90. The van der Waals surface area contributed by atoms with Crippen LogP contribution in [0.5, 0.6) is 0 Å². The number of pyridine rings is 1. The van der Waals surface area contributed by atoms with Gasteiger partial charge in [-0.15, -0.1) is 12.4 Å². The molecule has 2 aromatic carbocycles. The minimum Gasteiger partial charge on any atom is -0.460 e. The number of fused-ring (bicyclic) bond motifs is 1. The van der Waals surface area contributed by atoms with Crippen molar-refractivity contribution in [1.29, 1.82) is 0 Å². The predicted molar refractivity (Wildman–Crippen MR) is 129 cm³/mol. The summed E-state index contributed by atoms with van der Waals surface area (Å²) in [7, 11) is 0. The van der Waals surface area contributed by atoms with E-state index in [0.717, 1.165) is 42.3 Å². The summed E-state index contributed by atoms with van der Waals surface area (Å²) in [4.78, 5) is 21.3. The number of ether oxygens (including phenoxy) is 1. The number of halogens is 4. The average molecular weight is 501 g/mol. The summed E-state index contributed by atoms with van der Waals surface area (Å²) in [5.74, 6) is -0.490. The van der Waals surface area contributed by atoms with Crippen LogP contribution >= 0.6 is 47.2 Å². The number of anilines is 1.